The van der Waals surface area contributed by atoms with Crippen LogP contribution < -0.4 is 5.32 Å². The van der Waals surface area contributed by atoms with Crippen molar-refractivity contribution in [1.29, 1.82) is 0 Å². The summed E-state index contributed by atoms with van der Waals surface area (Å²) in [7, 11) is 0. The number of nitrogens with one attached hydrogen (secondary N) is 1. The van der Waals surface area contributed by atoms with Crippen LogP contribution in [0.1, 0.15) is 22.5 Å². The van der Waals surface area contributed by atoms with Gasteiger partial charge in [-0.3, -0.25) is 14.9 Å². The molecule has 1 amide bonds. The van der Waals surface area contributed by atoms with Gasteiger partial charge in [0.1, 0.15) is 5.82 Å². The number of amides is 1. The molecule has 0 fully saturated rings. The number of aliphatic carboxylic acids is 1. The van der Waals surface area contributed by atoms with E-state index in [1.54, 1.807) is 5.38 Å². The Bertz CT molecular complexity index is 625. The van der Waals surface area contributed by atoms with E-state index >= 15 is 0 Å². The summed E-state index contributed by atoms with van der Waals surface area (Å²) in [4.78, 5) is 26.4. The smallest absolute Gasteiger partial charge is 0.303 e. The van der Waals surface area contributed by atoms with Crippen molar-refractivity contribution in [2.75, 3.05) is 5.32 Å². The molecule has 0 bridgehead atoms. The molecule has 0 aliphatic heterocycles. The number of aryl methyl sites for hydroxylation is 1. The van der Waals surface area contributed by atoms with Crippen molar-refractivity contribution in [2.24, 2.45) is 0 Å². The Morgan fingerprint density at radius 3 is 2.65 bits per heavy atom. The van der Waals surface area contributed by atoms with Crippen LogP contribution in [-0.2, 0) is 11.2 Å². The standard InChI is InChI=1S/C13H11FN2O3S/c14-9-3-1-8(2-4-9)12(19)16-13-15-10(7-20-13)5-6-11(17)18/h1-4,7H,5-6H2,(H,17,18)(H,15,16,19). The number of aromatic nitrogens is 1. The van der Waals surface area contributed by atoms with Gasteiger partial charge in [0.2, 0.25) is 0 Å². The number of benzene rings is 1. The summed E-state index contributed by atoms with van der Waals surface area (Å²) in [6, 6.07) is 5.16. The molecule has 5 nitrogen and oxygen atoms in total. The number of rotatable bonds is 5. The molecule has 1 aromatic carbocycles. The molecular formula is C13H11FN2O3S. The summed E-state index contributed by atoms with van der Waals surface area (Å²) in [5.41, 5.74) is 0.945. The monoisotopic (exact) mass is 294 g/mol. The Morgan fingerprint density at radius 2 is 2.00 bits per heavy atom. The fraction of sp³-hybridized carbons (Fsp3) is 0.154. The van der Waals surface area contributed by atoms with Gasteiger partial charge in [-0.05, 0) is 24.3 Å². The van der Waals surface area contributed by atoms with Crippen molar-refractivity contribution in [3.8, 4) is 0 Å². The van der Waals surface area contributed by atoms with Crippen LogP contribution in [0.5, 0.6) is 0 Å². The normalized spacial score (nSPS) is 10.2. The maximum Gasteiger partial charge on any atom is 0.303 e. The molecule has 0 aliphatic carbocycles. The first-order valence-electron chi connectivity index (χ1n) is 5.78. The van der Waals surface area contributed by atoms with E-state index in [4.69, 9.17) is 5.11 Å². The van der Waals surface area contributed by atoms with Gasteiger partial charge in [-0.1, -0.05) is 0 Å². The third-order valence-electron chi connectivity index (χ3n) is 2.47. The number of carbonyl (C=O) groups excluding carboxylic acids is 1. The minimum absolute atomic E-state index is 0.00488. The third kappa shape index (κ3) is 3.86. The number of halogens is 1. The lowest BCUT2D eigenvalue weighted by molar-refractivity contribution is -0.136. The first-order valence-corrected chi connectivity index (χ1v) is 6.65. The first kappa shape index (κ1) is 14.1. The number of carboxylic acids is 1. The second kappa shape index (κ2) is 6.25. The summed E-state index contributed by atoms with van der Waals surface area (Å²) >= 11 is 1.22. The Labute approximate surface area is 118 Å². The molecule has 2 aromatic rings. The Kier molecular flexibility index (Phi) is 4.41. The zero-order chi connectivity index (χ0) is 14.5. The largest absolute Gasteiger partial charge is 0.481 e. The Balaban J connectivity index is 1.97. The zero-order valence-electron chi connectivity index (χ0n) is 10.3. The average Bonchev–Trinajstić information content (AvgIpc) is 2.84. The van der Waals surface area contributed by atoms with E-state index in [0.29, 0.717) is 22.8 Å². The molecule has 2 rings (SSSR count). The Hall–Kier alpha value is -2.28. The van der Waals surface area contributed by atoms with Gasteiger partial charge in [-0.25, -0.2) is 9.37 Å². The maximum absolute atomic E-state index is 12.7. The van der Waals surface area contributed by atoms with Gasteiger partial charge in [0.25, 0.3) is 5.91 Å². The number of hydrogen-bond donors (Lipinski definition) is 2. The molecule has 0 saturated heterocycles. The number of carboxylic acid groups (broad SMARTS) is 1. The van der Waals surface area contributed by atoms with E-state index in [1.807, 2.05) is 0 Å². The average molecular weight is 294 g/mol. The van der Waals surface area contributed by atoms with Crippen LogP contribution >= 0.6 is 11.3 Å². The van der Waals surface area contributed by atoms with Crippen molar-refractivity contribution in [2.45, 2.75) is 12.8 Å². The molecule has 104 valence electrons. The second-order valence-electron chi connectivity index (χ2n) is 4.00. The van der Waals surface area contributed by atoms with Crippen LogP contribution in [0.2, 0.25) is 0 Å². The Morgan fingerprint density at radius 1 is 1.30 bits per heavy atom. The molecule has 1 aromatic heterocycles. The summed E-state index contributed by atoms with van der Waals surface area (Å²) in [5, 5.41) is 13.2. The molecule has 0 saturated carbocycles. The number of thiazole rings is 1. The number of anilines is 1. The van der Waals surface area contributed by atoms with Gasteiger partial charge in [0.15, 0.2) is 5.13 Å². The fourth-order valence-electron chi connectivity index (χ4n) is 1.48. The summed E-state index contributed by atoms with van der Waals surface area (Å²) in [6.07, 6.45) is 0.313. The molecule has 0 aliphatic rings. The third-order valence-corrected chi connectivity index (χ3v) is 3.28. The van der Waals surface area contributed by atoms with Crippen molar-refractivity contribution >= 4 is 28.3 Å². The van der Waals surface area contributed by atoms with E-state index in [9.17, 15) is 14.0 Å². The van der Waals surface area contributed by atoms with Gasteiger partial charge in [-0.2, -0.15) is 0 Å². The van der Waals surface area contributed by atoms with Crippen molar-refractivity contribution in [3.05, 3.63) is 46.7 Å². The van der Waals surface area contributed by atoms with Crippen LogP contribution in [0.4, 0.5) is 9.52 Å². The number of nitrogens with zero attached hydrogens (tertiary/aromatic N) is 1. The fourth-order valence-corrected chi connectivity index (χ4v) is 2.22. The molecule has 20 heavy (non-hydrogen) atoms. The highest BCUT2D eigenvalue weighted by Crippen LogP contribution is 2.17. The molecule has 0 radical (unpaired) electrons. The molecule has 2 N–H and O–H groups in total. The molecule has 0 unspecified atom stereocenters. The van der Waals surface area contributed by atoms with Gasteiger partial charge in [0, 0.05) is 17.4 Å². The van der Waals surface area contributed by atoms with Crippen LogP contribution in [-0.4, -0.2) is 22.0 Å². The topological polar surface area (TPSA) is 79.3 Å². The minimum Gasteiger partial charge on any atom is -0.481 e. The van der Waals surface area contributed by atoms with E-state index < -0.39 is 11.8 Å². The lowest BCUT2D eigenvalue weighted by atomic mass is 10.2. The zero-order valence-corrected chi connectivity index (χ0v) is 11.1. The van der Waals surface area contributed by atoms with Gasteiger partial charge in [-0.15, -0.1) is 11.3 Å². The van der Waals surface area contributed by atoms with Crippen LogP contribution in [0.15, 0.2) is 29.6 Å². The quantitative estimate of drug-likeness (QED) is 0.888. The number of hydrogen-bond acceptors (Lipinski definition) is 4. The minimum atomic E-state index is -0.894. The highest BCUT2D eigenvalue weighted by Gasteiger charge is 2.09. The van der Waals surface area contributed by atoms with Gasteiger partial charge in [0.05, 0.1) is 12.1 Å². The highest BCUT2D eigenvalue weighted by atomic mass is 32.1. The summed E-state index contributed by atoms with van der Waals surface area (Å²) in [6.45, 7) is 0. The van der Waals surface area contributed by atoms with E-state index in [0.717, 1.165) is 0 Å². The van der Waals surface area contributed by atoms with Gasteiger partial charge >= 0.3 is 5.97 Å². The predicted octanol–water partition coefficient (Wildman–Crippen LogP) is 2.55. The molecule has 0 atom stereocenters. The molecule has 1 heterocycles. The van der Waals surface area contributed by atoms with Crippen molar-refractivity contribution in [1.82, 2.24) is 4.98 Å². The second-order valence-corrected chi connectivity index (χ2v) is 4.86. The predicted molar refractivity (Wildman–Crippen MR) is 72.4 cm³/mol. The SMILES string of the molecule is O=C(O)CCc1csc(NC(=O)c2ccc(F)cc2)n1. The first-order chi connectivity index (χ1) is 9.54. The highest BCUT2D eigenvalue weighted by molar-refractivity contribution is 7.13. The molecule has 0 spiro atoms. The molecule has 7 heteroatoms. The van der Waals surface area contributed by atoms with E-state index in [-0.39, 0.29) is 12.3 Å². The van der Waals surface area contributed by atoms with Crippen LogP contribution in [0.3, 0.4) is 0 Å². The lowest BCUT2D eigenvalue weighted by Crippen LogP contribution is -2.11. The van der Waals surface area contributed by atoms with E-state index in [1.165, 1.54) is 35.6 Å². The maximum atomic E-state index is 12.7. The van der Waals surface area contributed by atoms with Crippen LogP contribution in [0, 0.1) is 5.82 Å². The van der Waals surface area contributed by atoms with Crippen LogP contribution in [0.25, 0.3) is 0 Å². The van der Waals surface area contributed by atoms with Gasteiger partial charge < -0.3 is 5.11 Å². The van der Waals surface area contributed by atoms with Crippen molar-refractivity contribution in [3.63, 3.8) is 0 Å². The number of carbonyl (C=O) groups is 2. The van der Waals surface area contributed by atoms with E-state index in [2.05, 4.69) is 10.3 Å². The lowest BCUT2D eigenvalue weighted by Gasteiger charge is -2.01. The summed E-state index contributed by atoms with van der Waals surface area (Å²) < 4.78 is 12.7. The summed E-state index contributed by atoms with van der Waals surface area (Å²) in [5.74, 6) is -1.69. The van der Waals surface area contributed by atoms with Crippen molar-refractivity contribution < 1.29 is 19.1 Å². The molecular weight excluding hydrogens is 283 g/mol.